The summed E-state index contributed by atoms with van der Waals surface area (Å²) in [5.74, 6) is 1.62. The van der Waals surface area contributed by atoms with E-state index in [-0.39, 0.29) is 5.91 Å². The van der Waals surface area contributed by atoms with Gasteiger partial charge in [0.1, 0.15) is 0 Å². The molecule has 0 aliphatic heterocycles. The van der Waals surface area contributed by atoms with Gasteiger partial charge in [-0.2, -0.15) is 0 Å². The van der Waals surface area contributed by atoms with Crippen LogP contribution in [-0.4, -0.2) is 32.2 Å². The van der Waals surface area contributed by atoms with Crippen molar-refractivity contribution < 1.29 is 13.2 Å². The lowest BCUT2D eigenvalue weighted by molar-refractivity contribution is -0.122. The monoisotopic (exact) mass is 386 g/mol. The van der Waals surface area contributed by atoms with Gasteiger partial charge >= 0.3 is 0 Å². The van der Waals surface area contributed by atoms with E-state index in [1.807, 2.05) is 0 Å². The van der Waals surface area contributed by atoms with Crippen molar-refractivity contribution in [3.63, 3.8) is 0 Å². The SMILES string of the molecule is CC(C)S(=O)(=O)NCCCCC(=O)NC1CCCCC1C1CCCCC1. The third kappa shape index (κ3) is 6.84. The summed E-state index contributed by atoms with van der Waals surface area (Å²) in [6.45, 7) is 3.76. The molecular weight excluding hydrogens is 348 g/mol. The van der Waals surface area contributed by atoms with Gasteiger partial charge in [0.25, 0.3) is 0 Å². The highest BCUT2D eigenvalue weighted by Crippen LogP contribution is 2.38. The smallest absolute Gasteiger partial charge is 0.220 e. The Morgan fingerprint density at radius 1 is 0.962 bits per heavy atom. The third-order valence-corrected chi connectivity index (χ3v) is 8.02. The zero-order valence-electron chi connectivity index (χ0n) is 16.6. The summed E-state index contributed by atoms with van der Waals surface area (Å²) in [4.78, 5) is 12.4. The second-order valence-corrected chi connectivity index (χ2v) is 10.8. The maximum Gasteiger partial charge on any atom is 0.220 e. The molecule has 0 aromatic rings. The van der Waals surface area contributed by atoms with Gasteiger partial charge in [-0.3, -0.25) is 4.79 Å². The predicted octanol–water partition coefficient (Wildman–Crippen LogP) is 3.74. The number of unbranched alkanes of at least 4 members (excludes halogenated alkanes) is 1. The molecule has 2 unspecified atom stereocenters. The van der Waals surface area contributed by atoms with Crippen LogP contribution < -0.4 is 10.0 Å². The Hall–Kier alpha value is -0.620. The maximum atomic E-state index is 12.4. The summed E-state index contributed by atoms with van der Waals surface area (Å²) in [5, 5.41) is 2.91. The Morgan fingerprint density at radius 2 is 1.62 bits per heavy atom. The molecule has 152 valence electrons. The Morgan fingerprint density at radius 3 is 2.31 bits per heavy atom. The highest BCUT2D eigenvalue weighted by atomic mass is 32.2. The number of carbonyl (C=O) groups is 1. The molecule has 5 nitrogen and oxygen atoms in total. The fraction of sp³-hybridized carbons (Fsp3) is 0.950. The van der Waals surface area contributed by atoms with E-state index in [1.54, 1.807) is 13.8 Å². The van der Waals surface area contributed by atoms with Gasteiger partial charge in [0, 0.05) is 19.0 Å². The van der Waals surface area contributed by atoms with Crippen LogP contribution in [0.5, 0.6) is 0 Å². The van der Waals surface area contributed by atoms with Crippen LogP contribution in [0, 0.1) is 11.8 Å². The quantitative estimate of drug-likeness (QED) is 0.593. The van der Waals surface area contributed by atoms with Gasteiger partial charge in [0.2, 0.25) is 15.9 Å². The standard InChI is InChI=1S/C20H38N2O3S/c1-16(2)26(24,25)21-15-9-8-14-20(23)22-19-13-7-6-12-18(19)17-10-4-3-5-11-17/h16-19,21H,3-15H2,1-2H3,(H,22,23). The van der Waals surface area contributed by atoms with Crippen molar-refractivity contribution in [2.75, 3.05) is 6.54 Å². The first-order chi connectivity index (χ1) is 12.4. The van der Waals surface area contributed by atoms with Crippen molar-refractivity contribution in [3.8, 4) is 0 Å². The molecule has 2 N–H and O–H groups in total. The summed E-state index contributed by atoms with van der Waals surface area (Å²) in [7, 11) is -3.19. The minimum absolute atomic E-state index is 0.143. The van der Waals surface area contributed by atoms with E-state index in [0.717, 1.165) is 18.8 Å². The average Bonchev–Trinajstić information content (AvgIpc) is 2.62. The highest BCUT2D eigenvalue weighted by molar-refractivity contribution is 7.90. The van der Waals surface area contributed by atoms with Crippen molar-refractivity contribution in [1.29, 1.82) is 0 Å². The molecule has 0 spiro atoms. The molecule has 0 radical (unpaired) electrons. The van der Waals surface area contributed by atoms with Crippen LogP contribution in [0.1, 0.15) is 90.9 Å². The Balaban J connectivity index is 1.68. The van der Waals surface area contributed by atoms with Crippen LogP contribution in [0.4, 0.5) is 0 Å². The average molecular weight is 387 g/mol. The van der Waals surface area contributed by atoms with Crippen molar-refractivity contribution in [2.24, 2.45) is 11.8 Å². The van der Waals surface area contributed by atoms with Crippen molar-refractivity contribution in [3.05, 3.63) is 0 Å². The summed E-state index contributed by atoms with van der Waals surface area (Å²) in [5.41, 5.74) is 0. The predicted molar refractivity (Wildman–Crippen MR) is 106 cm³/mol. The van der Waals surface area contributed by atoms with Crippen LogP contribution in [0.3, 0.4) is 0 Å². The molecule has 6 heteroatoms. The molecule has 2 saturated carbocycles. The van der Waals surface area contributed by atoms with Gasteiger partial charge in [0.15, 0.2) is 0 Å². The van der Waals surface area contributed by atoms with E-state index in [1.165, 1.54) is 51.4 Å². The molecular formula is C20H38N2O3S. The Labute approximate surface area is 160 Å². The lowest BCUT2D eigenvalue weighted by Crippen LogP contribution is -2.45. The summed E-state index contributed by atoms with van der Waals surface area (Å²) < 4.78 is 26.0. The minimum Gasteiger partial charge on any atom is -0.353 e. The van der Waals surface area contributed by atoms with Crippen LogP contribution in [0.2, 0.25) is 0 Å². The molecule has 2 fully saturated rings. The second kappa shape index (κ2) is 10.6. The first kappa shape index (κ1) is 21.7. The number of nitrogens with one attached hydrogen (secondary N) is 2. The van der Waals surface area contributed by atoms with E-state index in [2.05, 4.69) is 10.0 Å². The number of rotatable bonds is 9. The number of hydrogen-bond acceptors (Lipinski definition) is 3. The van der Waals surface area contributed by atoms with Crippen molar-refractivity contribution in [1.82, 2.24) is 10.0 Å². The van der Waals surface area contributed by atoms with Crippen LogP contribution in [0.25, 0.3) is 0 Å². The fourth-order valence-electron chi connectivity index (χ4n) is 4.54. The first-order valence-electron chi connectivity index (χ1n) is 10.7. The summed E-state index contributed by atoms with van der Waals surface area (Å²) in [6, 6.07) is 0.360. The molecule has 2 rings (SSSR count). The first-order valence-corrected chi connectivity index (χ1v) is 12.2. The van der Waals surface area contributed by atoms with Gasteiger partial charge < -0.3 is 5.32 Å². The van der Waals surface area contributed by atoms with Gasteiger partial charge in [-0.1, -0.05) is 44.9 Å². The lowest BCUT2D eigenvalue weighted by atomic mass is 9.71. The highest BCUT2D eigenvalue weighted by Gasteiger charge is 2.33. The normalized spacial score (nSPS) is 25.3. The molecule has 2 aliphatic rings. The second-order valence-electron chi connectivity index (χ2n) is 8.47. The van der Waals surface area contributed by atoms with E-state index in [4.69, 9.17) is 0 Å². The molecule has 0 saturated heterocycles. The number of carbonyl (C=O) groups excluding carboxylic acids is 1. The number of sulfonamides is 1. The van der Waals surface area contributed by atoms with Crippen molar-refractivity contribution in [2.45, 2.75) is 102 Å². The molecule has 0 heterocycles. The van der Waals surface area contributed by atoms with E-state index in [9.17, 15) is 13.2 Å². The van der Waals surface area contributed by atoms with Crippen LogP contribution >= 0.6 is 0 Å². The topological polar surface area (TPSA) is 75.3 Å². The minimum atomic E-state index is -3.19. The zero-order chi connectivity index (χ0) is 19.0. The Kier molecular flexibility index (Phi) is 8.88. The number of amides is 1. The molecule has 26 heavy (non-hydrogen) atoms. The van der Waals surface area contributed by atoms with Gasteiger partial charge in [-0.25, -0.2) is 13.1 Å². The van der Waals surface area contributed by atoms with E-state index < -0.39 is 15.3 Å². The molecule has 0 aromatic carbocycles. The Bertz CT molecular complexity index is 527. The molecule has 2 atom stereocenters. The summed E-state index contributed by atoms with van der Waals surface area (Å²) >= 11 is 0. The largest absolute Gasteiger partial charge is 0.353 e. The lowest BCUT2D eigenvalue weighted by Gasteiger charge is -2.39. The van der Waals surface area contributed by atoms with Crippen molar-refractivity contribution >= 4 is 15.9 Å². The zero-order valence-corrected chi connectivity index (χ0v) is 17.5. The van der Waals surface area contributed by atoms with Gasteiger partial charge in [0.05, 0.1) is 5.25 Å². The van der Waals surface area contributed by atoms with Crippen LogP contribution in [-0.2, 0) is 14.8 Å². The summed E-state index contributed by atoms with van der Waals surface area (Å²) in [6.07, 6.45) is 13.6. The molecule has 1 amide bonds. The maximum absolute atomic E-state index is 12.4. The molecule has 0 bridgehead atoms. The van der Waals surface area contributed by atoms with Crippen LogP contribution in [0.15, 0.2) is 0 Å². The van der Waals surface area contributed by atoms with E-state index in [0.29, 0.717) is 31.3 Å². The fourth-order valence-corrected chi connectivity index (χ4v) is 5.30. The third-order valence-electron chi connectivity index (χ3n) is 6.18. The molecule has 0 aromatic heterocycles. The van der Waals surface area contributed by atoms with E-state index >= 15 is 0 Å². The number of hydrogen-bond donors (Lipinski definition) is 2. The van der Waals surface area contributed by atoms with Gasteiger partial charge in [-0.15, -0.1) is 0 Å². The van der Waals surface area contributed by atoms with Gasteiger partial charge in [-0.05, 0) is 51.4 Å². The molecule has 2 aliphatic carbocycles.